The predicted molar refractivity (Wildman–Crippen MR) is 95.8 cm³/mol. The molecule has 23 heavy (non-hydrogen) atoms. The Balaban J connectivity index is 1.56. The lowest BCUT2D eigenvalue weighted by atomic mass is 9.96. The number of hydrogen-bond acceptors (Lipinski definition) is 4. The van der Waals surface area contributed by atoms with Crippen molar-refractivity contribution in [2.75, 3.05) is 18.8 Å². The van der Waals surface area contributed by atoms with Gasteiger partial charge in [0.05, 0.1) is 0 Å². The first-order valence-electron chi connectivity index (χ1n) is 8.02. The van der Waals surface area contributed by atoms with E-state index < -0.39 is 0 Å². The van der Waals surface area contributed by atoms with Crippen molar-refractivity contribution in [1.82, 2.24) is 10.2 Å². The zero-order valence-electron chi connectivity index (χ0n) is 13.6. The van der Waals surface area contributed by atoms with E-state index in [1.165, 1.54) is 10.4 Å². The van der Waals surface area contributed by atoms with E-state index in [2.05, 4.69) is 35.5 Å². The van der Waals surface area contributed by atoms with Crippen LogP contribution >= 0.6 is 11.3 Å². The van der Waals surface area contributed by atoms with Gasteiger partial charge in [-0.3, -0.25) is 9.69 Å². The molecule has 0 aliphatic carbocycles. The molecule has 3 rings (SSSR count). The Morgan fingerprint density at radius 3 is 2.78 bits per heavy atom. The monoisotopic (exact) mass is 329 g/mol. The number of amides is 1. The van der Waals surface area contributed by atoms with Gasteiger partial charge in [0.1, 0.15) is 0 Å². The average Bonchev–Trinajstić information content (AvgIpc) is 2.99. The molecule has 2 heterocycles. The Morgan fingerprint density at radius 2 is 2.04 bits per heavy atom. The summed E-state index contributed by atoms with van der Waals surface area (Å²) in [5.41, 5.74) is 8.41. The van der Waals surface area contributed by atoms with Gasteiger partial charge < -0.3 is 11.1 Å². The van der Waals surface area contributed by atoms with E-state index in [9.17, 15) is 4.79 Å². The van der Waals surface area contributed by atoms with Crippen LogP contribution in [0.4, 0.5) is 5.69 Å². The number of anilines is 1. The minimum Gasteiger partial charge on any atom is -0.399 e. The summed E-state index contributed by atoms with van der Waals surface area (Å²) in [5, 5.41) is 5.19. The van der Waals surface area contributed by atoms with Crippen LogP contribution in [0.1, 0.15) is 40.7 Å². The van der Waals surface area contributed by atoms with E-state index in [0.29, 0.717) is 29.9 Å². The Kier molecular flexibility index (Phi) is 4.68. The molecule has 0 saturated carbocycles. The molecule has 0 saturated heterocycles. The number of thiophene rings is 1. The zero-order valence-corrected chi connectivity index (χ0v) is 14.4. The Labute approximate surface area is 141 Å². The molecule has 5 heteroatoms. The third-order valence-electron chi connectivity index (χ3n) is 4.60. The number of rotatable bonds is 4. The second kappa shape index (κ2) is 6.72. The van der Waals surface area contributed by atoms with Crippen LogP contribution in [0.15, 0.2) is 35.7 Å². The fourth-order valence-corrected chi connectivity index (χ4v) is 4.37. The quantitative estimate of drug-likeness (QED) is 0.848. The maximum atomic E-state index is 12.1. The number of hydrogen-bond donors (Lipinski definition) is 2. The van der Waals surface area contributed by atoms with Crippen molar-refractivity contribution in [2.45, 2.75) is 32.4 Å². The van der Waals surface area contributed by atoms with Crippen LogP contribution in [0.2, 0.25) is 0 Å². The highest BCUT2D eigenvalue weighted by atomic mass is 32.1. The summed E-state index contributed by atoms with van der Waals surface area (Å²) in [4.78, 5) is 16.1. The maximum absolute atomic E-state index is 12.1. The second-order valence-corrected chi connectivity index (χ2v) is 7.14. The summed E-state index contributed by atoms with van der Waals surface area (Å²) in [7, 11) is 0. The van der Waals surface area contributed by atoms with Gasteiger partial charge in [0.15, 0.2) is 0 Å². The van der Waals surface area contributed by atoms with Gasteiger partial charge in [-0.2, -0.15) is 0 Å². The first-order valence-corrected chi connectivity index (χ1v) is 8.90. The largest absolute Gasteiger partial charge is 0.399 e. The van der Waals surface area contributed by atoms with Crippen molar-refractivity contribution in [3.05, 3.63) is 51.7 Å². The number of nitrogens with one attached hydrogen (secondary N) is 1. The van der Waals surface area contributed by atoms with E-state index in [0.717, 1.165) is 13.0 Å². The van der Waals surface area contributed by atoms with Gasteiger partial charge in [-0.1, -0.05) is 0 Å². The number of fused-ring (bicyclic) bond motifs is 1. The molecule has 0 fully saturated rings. The van der Waals surface area contributed by atoms with Gasteiger partial charge in [-0.15, -0.1) is 11.3 Å². The molecule has 0 spiro atoms. The highest BCUT2D eigenvalue weighted by Gasteiger charge is 2.29. The fraction of sp³-hybridized carbons (Fsp3) is 0.389. The van der Waals surface area contributed by atoms with Crippen LogP contribution in [-0.2, 0) is 6.42 Å². The lowest BCUT2D eigenvalue weighted by Gasteiger charge is -2.39. The Morgan fingerprint density at radius 1 is 1.30 bits per heavy atom. The molecule has 1 aromatic heterocycles. The topological polar surface area (TPSA) is 58.4 Å². The first kappa shape index (κ1) is 16.0. The van der Waals surface area contributed by atoms with Crippen molar-refractivity contribution in [3.63, 3.8) is 0 Å². The van der Waals surface area contributed by atoms with Crippen LogP contribution in [0.3, 0.4) is 0 Å². The molecule has 0 unspecified atom stereocenters. The van der Waals surface area contributed by atoms with Crippen LogP contribution in [0.5, 0.6) is 0 Å². The molecule has 3 N–H and O–H groups in total. The van der Waals surface area contributed by atoms with Crippen molar-refractivity contribution in [2.24, 2.45) is 0 Å². The van der Waals surface area contributed by atoms with E-state index in [1.807, 2.05) is 11.3 Å². The van der Waals surface area contributed by atoms with Crippen molar-refractivity contribution in [3.8, 4) is 0 Å². The molecule has 2 atom stereocenters. The van der Waals surface area contributed by atoms with Crippen LogP contribution in [-0.4, -0.2) is 29.9 Å². The Bertz CT molecular complexity index is 680. The molecule has 1 amide bonds. The summed E-state index contributed by atoms with van der Waals surface area (Å²) < 4.78 is 0. The second-order valence-electron chi connectivity index (χ2n) is 6.14. The van der Waals surface area contributed by atoms with Crippen LogP contribution < -0.4 is 11.1 Å². The minimum atomic E-state index is -0.0430. The molecule has 1 aromatic carbocycles. The average molecular weight is 329 g/mol. The third-order valence-corrected chi connectivity index (χ3v) is 5.56. The van der Waals surface area contributed by atoms with Gasteiger partial charge in [-0.05, 0) is 61.5 Å². The number of nitrogens with two attached hydrogens (primary N) is 1. The number of nitrogens with zero attached hydrogens (tertiary/aromatic N) is 1. The Hall–Kier alpha value is -1.85. The van der Waals surface area contributed by atoms with Crippen molar-refractivity contribution < 1.29 is 4.79 Å². The molecule has 1 aliphatic heterocycles. The molecule has 1 aliphatic rings. The molecule has 4 nitrogen and oxygen atoms in total. The molecule has 0 radical (unpaired) electrons. The summed E-state index contributed by atoms with van der Waals surface area (Å²) >= 11 is 1.86. The smallest absolute Gasteiger partial charge is 0.251 e. The van der Waals surface area contributed by atoms with Gasteiger partial charge in [-0.25, -0.2) is 0 Å². The zero-order chi connectivity index (χ0) is 16.4. The number of carbonyl (C=O) groups is 1. The fourth-order valence-electron chi connectivity index (χ4n) is 3.28. The molecule has 122 valence electrons. The van der Waals surface area contributed by atoms with Crippen LogP contribution in [0.25, 0.3) is 0 Å². The molecule has 2 aromatic rings. The number of benzene rings is 1. The van der Waals surface area contributed by atoms with E-state index >= 15 is 0 Å². The summed E-state index contributed by atoms with van der Waals surface area (Å²) in [5.74, 6) is -0.0430. The van der Waals surface area contributed by atoms with Crippen LogP contribution in [0, 0.1) is 0 Å². The highest BCUT2D eigenvalue weighted by Crippen LogP contribution is 2.35. The SMILES string of the molecule is C[C@@H]1Cc2sccc2[C@@H](C)N1CCNC(=O)c1ccc(N)cc1. The van der Waals surface area contributed by atoms with Crippen molar-refractivity contribution in [1.29, 1.82) is 0 Å². The lowest BCUT2D eigenvalue weighted by molar-refractivity contribution is 0.0929. The summed E-state index contributed by atoms with van der Waals surface area (Å²) in [6.45, 7) is 6.03. The predicted octanol–water partition coefficient (Wildman–Crippen LogP) is 3.07. The highest BCUT2D eigenvalue weighted by molar-refractivity contribution is 7.10. The normalized spacial score (nSPS) is 21.0. The van der Waals surface area contributed by atoms with E-state index in [-0.39, 0.29) is 5.91 Å². The molecular formula is C18H23N3OS. The van der Waals surface area contributed by atoms with E-state index in [1.54, 1.807) is 24.3 Å². The van der Waals surface area contributed by atoms with Gasteiger partial charge in [0.2, 0.25) is 0 Å². The maximum Gasteiger partial charge on any atom is 0.251 e. The summed E-state index contributed by atoms with van der Waals surface area (Å²) in [6, 6.07) is 10.2. The van der Waals surface area contributed by atoms with E-state index in [4.69, 9.17) is 5.73 Å². The standard InChI is InChI=1S/C18H23N3OS/c1-12-11-17-16(7-10-23-17)13(2)21(12)9-8-20-18(22)14-3-5-15(19)6-4-14/h3-7,10,12-13H,8-9,11,19H2,1-2H3,(H,20,22)/t12-,13-/m1/s1. The minimum absolute atomic E-state index is 0.0430. The first-order chi connectivity index (χ1) is 11.1. The summed E-state index contributed by atoms with van der Waals surface area (Å²) in [6.07, 6.45) is 1.10. The number of nitrogen functional groups attached to an aromatic ring is 1. The van der Waals surface area contributed by atoms with Gasteiger partial charge >= 0.3 is 0 Å². The van der Waals surface area contributed by atoms with Crippen molar-refractivity contribution >= 4 is 22.9 Å². The number of carbonyl (C=O) groups excluding carboxylic acids is 1. The third kappa shape index (κ3) is 3.41. The molecular weight excluding hydrogens is 306 g/mol. The lowest BCUT2D eigenvalue weighted by Crippen LogP contribution is -2.44. The van der Waals surface area contributed by atoms with Gasteiger partial charge in [0, 0.05) is 41.3 Å². The van der Waals surface area contributed by atoms with Gasteiger partial charge in [0.25, 0.3) is 5.91 Å². The molecule has 0 bridgehead atoms.